The van der Waals surface area contributed by atoms with Gasteiger partial charge in [0.1, 0.15) is 5.04 Å². The quantitative estimate of drug-likeness (QED) is 0.547. The maximum absolute atomic E-state index is 12.6. The summed E-state index contributed by atoms with van der Waals surface area (Å²) in [6.45, 7) is 5.97. The topological polar surface area (TPSA) is 82.2 Å². The van der Waals surface area contributed by atoms with Crippen molar-refractivity contribution in [2.24, 2.45) is 4.99 Å². The van der Waals surface area contributed by atoms with Crippen LogP contribution in [0.2, 0.25) is 5.02 Å². The molecule has 0 radical (unpaired) electrons. The molecule has 1 aromatic heterocycles. The molecule has 10 heteroatoms. The molecule has 2 fully saturated rings. The molecule has 4 aliphatic rings. The molecule has 4 aliphatic heterocycles. The number of aliphatic imine (C=N–C) groups is 1. The van der Waals surface area contributed by atoms with E-state index in [1.54, 1.807) is 6.26 Å². The predicted octanol–water partition coefficient (Wildman–Crippen LogP) is 4.11. The van der Waals surface area contributed by atoms with E-state index in [9.17, 15) is 4.79 Å². The SMILES string of the molecule is O=C(C1CC=CO1)N1CCN(CC[C@@H]2CSC(c3cc4cc(Cl)cc(NC5CCOCC5)c4[nH]3)=N2)CC1. The van der Waals surface area contributed by atoms with E-state index in [4.69, 9.17) is 26.1 Å². The van der Waals surface area contributed by atoms with Gasteiger partial charge in [0.05, 0.1) is 29.2 Å². The molecule has 0 spiro atoms. The van der Waals surface area contributed by atoms with Crippen LogP contribution in [0.5, 0.6) is 0 Å². The zero-order valence-electron chi connectivity index (χ0n) is 21.0. The second-order valence-corrected chi connectivity index (χ2v) is 11.7. The number of carbonyl (C=O) groups excluding carboxylic acids is 1. The highest BCUT2D eigenvalue weighted by molar-refractivity contribution is 8.14. The van der Waals surface area contributed by atoms with E-state index in [1.807, 2.05) is 34.9 Å². The molecule has 8 nitrogen and oxygen atoms in total. The van der Waals surface area contributed by atoms with Gasteiger partial charge in [-0.25, -0.2) is 0 Å². The highest BCUT2D eigenvalue weighted by Crippen LogP contribution is 2.33. The van der Waals surface area contributed by atoms with Gasteiger partial charge in [-0.2, -0.15) is 0 Å². The van der Waals surface area contributed by atoms with Crippen LogP contribution in [0.3, 0.4) is 0 Å². The van der Waals surface area contributed by atoms with E-state index >= 15 is 0 Å². The summed E-state index contributed by atoms with van der Waals surface area (Å²) in [6.07, 6.45) is 6.97. The molecule has 2 aromatic rings. The minimum absolute atomic E-state index is 0.122. The molecule has 198 valence electrons. The zero-order valence-corrected chi connectivity index (χ0v) is 22.5. The molecule has 1 unspecified atom stereocenters. The number of carbonyl (C=O) groups is 1. The lowest BCUT2D eigenvalue weighted by Crippen LogP contribution is -2.51. The summed E-state index contributed by atoms with van der Waals surface area (Å²) in [5, 5.41) is 6.60. The molecule has 2 saturated heterocycles. The molecule has 2 N–H and O–H groups in total. The Morgan fingerprint density at radius 2 is 2.03 bits per heavy atom. The third-order valence-electron chi connectivity index (χ3n) is 7.64. The number of aromatic amines is 1. The summed E-state index contributed by atoms with van der Waals surface area (Å²) in [4.78, 5) is 25.6. The number of rotatable bonds is 7. The van der Waals surface area contributed by atoms with Crippen molar-refractivity contribution in [3.8, 4) is 0 Å². The van der Waals surface area contributed by atoms with Crippen LogP contribution in [0.1, 0.15) is 31.4 Å². The van der Waals surface area contributed by atoms with E-state index in [0.29, 0.717) is 18.5 Å². The molecule has 1 amide bonds. The van der Waals surface area contributed by atoms with Crippen LogP contribution in [0.25, 0.3) is 10.9 Å². The number of benzene rings is 1. The number of halogens is 1. The number of anilines is 1. The Kier molecular flexibility index (Phi) is 7.65. The average Bonchev–Trinajstić information content (AvgIpc) is 3.69. The summed E-state index contributed by atoms with van der Waals surface area (Å²) in [6, 6.07) is 6.91. The maximum atomic E-state index is 12.6. The molecule has 0 saturated carbocycles. The Labute approximate surface area is 226 Å². The van der Waals surface area contributed by atoms with Crippen molar-refractivity contribution in [2.45, 2.75) is 43.9 Å². The molecule has 6 rings (SSSR count). The largest absolute Gasteiger partial charge is 0.488 e. The fourth-order valence-electron chi connectivity index (χ4n) is 5.48. The van der Waals surface area contributed by atoms with E-state index in [1.165, 1.54) is 0 Å². The number of nitrogens with zero attached hydrogens (tertiary/aromatic N) is 3. The van der Waals surface area contributed by atoms with Gasteiger partial charge in [0, 0.05) is 74.6 Å². The molecule has 2 atom stereocenters. The minimum Gasteiger partial charge on any atom is -0.488 e. The smallest absolute Gasteiger partial charge is 0.264 e. The number of piperazine rings is 1. The molecular weight excluding hydrogens is 510 g/mol. The summed E-state index contributed by atoms with van der Waals surface area (Å²) < 4.78 is 10.9. The van der Waals surface area contributed by atoms with Gasteiger partial charge in [-0.05, 0) is 43.5 Å². The lowest BCUT2D eigenvalue weighted by molar-refractivity contribution is -0.141. The van der Waals surface area contributed by atoms with Gasteiger partial charge in [0.15, 0.2) is 6.10 Å². The van der Waals surface area contributed by atoms with Crippen molar-refractivity contribution >= 4 is 50.9 Å². The predicted molar refractivity (Wildman–Crippen MR) is 150 cm³/mol. The van der Waals surface area contributed by atoms with Crippen LogP contribution in [0.15, 0.2) is 35.5 Å². The first-order valence-corrected chi connectivity index (χ1v) is 14.7. The highest BCUT2D eigenvalue weighted by Gasteiger charge is 2.30. The van der Waals surface area contributed by atoms with E-state index in [2.05, 4.69) is 21.3 Å². The van der Waals surface area contributed by atoms with Gasteiger partial charge in [-0.3, -0.25) is 14.7 Å². The molecule has 1 aromatic carbocycles. The molecule has 37 heavy (non-hydrogen) atoms. The second-order valence-electron chi connectivity index (χ2n) is 10.2. The number of ether oxygens (including phenoxy) is 2. The number of hydrogen-bond acceptors (Lipinski definition) is 7. The fourth-order valence-corrected chi connectivity index (χ4v) is 6.79. The Morgan fingerprint density at radius 3 is 2.81 bits per heavy atom. The standard InChI is InChI=1S/C27H34ClN5O3S/c28-19-14-18-15-23(31-25(18)22(16-19)29-20-4-12-35-13-5-20)26-30-21(17-37-26)3-6-32-7-9-33(10-8-32)27(34)24-2-1-11-36-24/h1,11,14-16,20-21,24,29,31H,2-10,12-13,17H2/t21-,24?/m1/s1. The van der Waals surface area contributed by atoms with Crippen LogP contribution in [-0.2, 0) is 14.3 Å². The Balaban J connectivity index is 1.04. The number of H-pyrrole nitrogens is 1. The van der Waals surface area contributed by atoms with Gasteiger partial charge in [0.2, 0.25) is 0 Å². The summed E-state index contributed by atoms with van der Waals surface area (Å²) in [5.41, 5.74) is 3.20. The highest BCUT2D eigenvalue weighted by atomic mass is 35.5. The van der Waals surface area contributed by atoms with Crippen molar-refractivity contribution in [2.75, 3.05) is 57.0 Å². The number of aromatic nitrogens is 1. The van der Waals surface area contributed by atoms with Crippen molar-refractivity contribution in [1.82, 2.24) is 14.8 Å². The second kappa shape index (κ2) is 11.3. The minimum atomic E-state index is -0.316. The van der Waals surface area contributed by atoms with Crippen molar-refractivity contribution < 1.29 is 14.3 Å². The molecule has 0 bridgehead atoms. The van der Waals surface area contributed by atoms with E-state index in [0.717, 1.165) is 103 Å². The van der Waals surface area contributed by atoms with Crippen LogP contribution >= 0.6 is 23.4 Å². The Bertz CT molecular complexity index is 1180. The first-order chi connectivity index (χ1) is 18.1. The molecule has 0 aliphatic carbocycles. The normalized spacial score (nSPS) is 25.0. The monoisotopic (exact) mass is 543 g/mol. The van der Waals surface area contributed by atoms with Crippen LogP contribution < -0.4 is 5.32 Å². The third kappa shape index (κ3) is 5.79. The summed E-state index contributed by atoms with van der Waals surface area (Å²) >= 11 is 8.29. The third-order valence-corrected chi connectivity index (χ3v) is 9.01. The first kappa shape index (κ1) is 25.1. The van der Waals surface area contributed by atoms with E-state index < -0.39 is 0 Å². The van der Waals surface area contributed by atoms with Crippen molar-refractivity contribution in [3.05, 3.63) is 41.3 Å². The number of nitrogens with one attached hydrogen (secondary N) is 2. The first-order valence-electron chi connectivity index (χ1n) is 13.3. The Morgan fingerprint density at radius 1 is 1.19 bits per heavy atom. The van der Waals surface area contributed by atoms with Gasteiger partial charge in [-0.1, -0.05) is 11.6 Å². The average molecular weight is 544 g/mol. The van der Waals surface area contributed by atoms with Crippen molar-refractivity contribution in [3.63, 3.8) is 0 Å². The summed E-state index contributed by atoms with van der Waals surface area (Å²) in [5.74, 6) is 1.13. The lowest BCUT2D eigenvalue weighted by atomic mass is 10.1. The number of fused-ring (bicyclic) bond motifs is 1. The van der Waals surface area contributed by atoms with Gasteiger partial charge in [-0.15, -0.1) is 11.8 Å². The van der Waals surface area contributed by atoms with Crippen LogP contribution in [0.4, 0.5) is 5.69 Å². The number of amides is 1. The van der Waals surface area contributed by atoms with E-state index in [-0.39, 0.29) is 12.0 Å². The molecular formula is C27H34ClN5O3S. The van der Waals surface area contributed by atoms with Gasteiger partial charge >= 0.3 is 0 Å². The lowest BCUT2D eigenvalue weighted by Gasteiger charge is -2.35. The van der Waals surface area contributed by atoms with Crippen molar-refractivity contribution in [1.29, 1.82) is 0 Å². The van der Waals surface area contributed by atoms with Crippen LogP contribution in [0, 0.1) is 0 Å². The van der Waals surface area contributed by atoms with Gasteiger partial charge in [0.25, 0.3) is 5.91 Å². The fraction of sp³-hybridized carbons (Fsp3) is 0.556. The molecule has 5 heterocycles. The number of thioether (sulfide) groups is 1. The Hall–Kier alpha value is -2.20. The zero-order chi connectivity index (χ0) is 25.2. The number of hydrogen-bond donors (Lipinski definition) is 2. The van der Waals surface area contributed by atoms with Crippen LogP contribution in [-0.4, -0.2) is 95.6 Å². The summed E-state index contributed by atoms with van der Waals surface area (Å²) in [7, 11) is 0. The maximum Gasteiger partial charge on any atom is 0.264 e. The van der Waals surface area contributed by atoms with Gasteiger partial charge < -0.3 is 24.7 Å².